The number of sulfonamides is 1. The number of ether oxygens (including phenoxy) is 1. The van der Waals surface area contributed by atoms with Crippen molar-refractivity contribution in [2.24, 2.45) is 5.92 Å². The Kier molecular flexibility index (Phi) is 6.80. The molecule has 1 aliphatic rings. The van der Waals surface area contributed by atoms with Gasteiger partial charge < -0.3 is 10.1 Å². The van der Waals surface area contributed by atoms with Crippen molar-refractivity contribution in [3.63, 3.8) is 0 Å². The zero-order valence-corrected chi connectivity index (χ0v) is 17.1. The molecule has 0 bridgehead atoms. The van der Waals surface area contributed by atoms with Crippen LogP contribution in [0.4, 0.5) is 0 Å². The van der Waals surface area contributed by atoms with Gasteiger partial charge in [0.2, 0.25) is 10.0 Å². The van der Waals surface area contributed by atoms with Crippen LogP contribution < -0.4 is 5.32 Å². The molecule has 1 amide bonds. The molecule has 0 aliphatic carbocycles. The predicted octanol–water partition coefficient (Wildman–Crippen LogP) is 1.68. The molecule has 1 atom stereocenters. The summed E-state index contributed by atoms with van der Waals surface area (Å²) in [4.78, 5) is 24.2. The van der Waals surface area contributed by atoms with Gasteiger partial charge in [0, 0.05) is 13.1 Å². The van der Waals surface area contributed by atoms with E-state index in [9.17, 15) is 23.3 Å². The van der Waals surface area contributed by atoms with Crippen LogP contribution in [0.3, 0.4) is 0 Å². The second-order valence-corrected chi connectivity index (χ2v) is 9.17. The van der Waals surface area contributed by atoms with Crippen LogP contribution in [0.1, 0.15) is 44.0 Å². The summed E-state index contributed by atoms with van der Waals surface area (Å²) >= 11 is 0. The van der Waals surface area contributed by atoms with Crippen molar-refractivity contribution in [3.8, 4) is 6.07 Å². The van der Waals surface area contributed by atoms with E-state index >= 15 is 0 Å². The van der Waals surface area contributed by atoms with Crippen molar-refractivity contribution in [3.05, 3.63) is 29.8 Å². The lowest BCUT2D eigenvalue weighted by molar-refractivity contribution is -0.125. The number of amides is 1. The maximum absolute atomic E-state index is 12.5. The number of hydrogen-bond donors (Lipinski definition) is 1. The van der Waals surface area contributed by atoms with E-state index in [4.69, 9.17) is 4.74 Å². The molecule has 0 aromatic heterocycles. The molecule has 28 heavy (non-hydrogen) atoms. The third kappa shape index (κ3) is 4.88. The minimum Gasteiger partial charge on any atom is -0.452 e. The van der Waals surface area contributed by atoms with Crippen molar-refractivity contribution in [2.45, 2.75) is 44.0 Å². The SMILES string of the molecule is CC(C)[C@@](C)(C#N)NC(=O)COC(=O)c1ccc(S(=O)(=O)N2CCCC2)cc1. The van der Waals surface area contributed by atoms with Crippen molar-refractivity contribution >= 4 is 21.9 Å². The summed E-state index contributed by atoms with van der Waals surface area (Å²) in [5.41, 5.74) is -0.921. The maximum atomic E-state index is 12.5. The first-order valence-corrected chi connectivity index (χ1v) is 10.5. The molecule has 0 saturated carbocycles. The Morgan fingerprint density at radius 2 is 1.82 bits per heavy atom. The highest BCUT2D eigenvalue weighted by Gasteiger charge is 2.30. The van der Waals surface area contributed by atoms with E-state index in [-0.39, 0.29) is 16.4 Å². The van der Waals surface area contributed by atoms with Gasteiger partial charge in [-0.3, -0.25) is 4.79 Å². The number of benzene rings is 1. The number of hydrogen-bond acceptors (Lipinski definition) is 6. The van der Waals surface area contributed by atoms with Gasteiger partial charge in [-0.15, -0.1) is 0 Å². The predicted molar refractivity (Wildman–Crippen MR) is 102 cm³/mol. The third-order valence-electron chi connectivity index (χ3n) is 4.91. The molecular formula is C19H25N3O5S. The van der Waals surface area contributed by atoms with Crippen LogP contribution in [0.5, 0.6) is 0 Å². The number of nitrogens with zero attached hydrogens (tertiary/aromatic N) is 2. The third-order valence-corrected chi connectivity index (χ3v) is 6.83. The number of carbonyl (C=O) groups is 2. The van der Waals surface area contributed by atoms with Gasteiger partial charge in [-0.05, 0) is 49.9 Å². The van der Waals surface area contributed by atoms with Crippen molar-refractivity contribution in [2.75, 3.05) is 19.7 Å². The van der Waals surface area contributed by atoms with E-state index in [0.717, 1.165) is 12.8 Å². The minimum absolute atomic E-state index is 0.116. The monoisotopic (exact) mass is 407 g/mol. The highest BCUT2D eigenvalue weighted by atomic mass is 32.2. The molecule has 9 heteroatoms. The number of rotatable bonds is 7. The summed E-state index contributed by atoms with van der Waals surface area (Å²) < 4.78 is 31.3. The van der Waals surface area contributed by atoms with Crippen molar-refractivity contribution in [1.29, 1.82) is 5.26 Å². The van der Waals surface area contributed by atoms with E-state index in [2.05, 4.69) is 5.32 Å². The number of carbonyl (C=O) groups excluding carboxylic acids is 2. The molecule has 0 radical (unpaired) electrons. The van der Waals surface area contributed by atoms with Crippen LogP contribution in [-0.4, -0.2) is 49.8 Å². The minimum atomic E-state index is -3.55. The lowest BCUT2D eigenvalue weighted by Crippen LogP contribution is -2.50. The van der Waals surface area contributed by atoms with E-state index in [1.165, 1.54) is 28.6 Å². The molecule has 1 heterocycles. The average molecular weight is 407 g/mol. The van der Waals surface area contributed by atoms with Gasteiger partial charge in [-0.2, -0.15) is 9.57 Å². The lowest BCUT2D eigenvalue weighted by atomic mass is 9.90. The zero-order chi connectivity index (χ0) is 20.9. The molecule has 2 rings (SSSR count). The molecule has 1 fully saturated rings. The molecule has 8 nitrogen and oxygen atoms in total. The first-order chi connectivity index (χ1) is 13.1. The first-order valence-electron chi connectivity index (χ1n) is 9.10. The van der Waals surface area contributed by atoms with Gasteiger partial charge in [0.25, 0.3) is 5.91 Å². The van der Waals surface area contributed by atoms with Crippen molar-refractivity contribution < 1.29 is 22.7 Å². The summed E-state index contributed by atoms with van der Waals surface area (Å²) in [5.74, 6) is -1.45. The quantitative estimate of drug-likeness (QED) is 0.688. The largest absolute Gasteiger partial charge is 0.452 e. The van der Waals surface area contributed by atoms with Gasteiger partial charge in [-0.25, -0.2) is 13.2 Å². The molecule has 1 aromatic carbocycles. The second-order valence-electron chi connectivity index (χ2n) is 7.23. The molecule has 0 spiro atoms. The summed E-state index contributed by atoms with van der Waals surface area (Å²) in [6.45, 7) is 5.66. The second kappa shape index (κ2) is 8.71. The Hall–Kier alpha value is -2.44. The van der Waals surface area contributed by atoms with Crippen LogP contribution in [0.25, 0.3) is 0 Å². The van der Waals surface area contributed by atoms with Crippen LogP contribution >= 0.6 is 0 Å². The van der Waals surface area contributed by atoms with Crippen LogP contribution in [0.2, 0.25) is 0 Å². The highest BCUT2D eigenvalue weighted by molar-refractivity contribution is 7.89. The number of esters is 1. The fourth-order valence-electron chi connectivity index (χ4n) is 2.68. The molecule has 1 aliphatic heterocycles. The van der Waals surface area contributed by atoms with Gasteiger partial charge >= 0.3 is 5.97 Å². The molecule has 1 N–H and O–H groups in total. The lowest BCUT2D eigenvalue weighted by Gasteiger charge is -2.27. The van der Waals surface area contributed by atoms with E-state index in [1.54, 1.807) is 20.8 Å². The standard InChI is InChI=1S/C19H25N3O5S/c1-14(2)19(3,13-20)21-17(23)12-27-18(24)15-6-8-16(9-7-15)28(25,26)22-10-4-5-11-22/h6-9,14H,4-5,10-12H2,1-3H3,(H,21,23)/t19-/m1/s1. The Morgan fingerprint density at radius 3 is 2.32 bits per heavy atom. The molecular weight excluding hydrogens is 382 g/mol. The molecule has 1 saturated heterocycles. The fourth-order valence-corrected chi connectivity index (χ4v) is 4.20. The normalized spacial score (nSPS) is 17.0. The number of nitriles is 1. The summed E-state index contributed by atoms with van der Waals surface area (Å²) in [5, 5.41) is 11.8. The smallest absolute Gasteiger partial charge is 0.338 e. The van der Waals surface area contributed by atoms with Gasteiger partial charge in [0.05, 0.1) is 16.5 Å². The number of nitrogens with one attached hydrogen (secondary N) is 1. The summed E-state index contributed by atoms with van der Waals surface area (Å²) in [6, 6.07) is 7.47. The Labute approximate surface area is 165 Å². The van der Waals surface area contributed by atoms with E-state index < -0.39 is 34.0 Å². The van der Waals surface area contributed by atoms with E-state index in [0.29, 0.717) is 13.1 Å². The molecule has 1 aromatic rings. The van der Waals surface area contributed by atoms with Crippen LogP contribution in [-0.2, 0) is 19.6 Å². The molecule has 0 unspecified atom stereocenters. The average Bonchev–Trinajstić information content (AvgIpc) is 3.21. The summed E-state index contributed by atoms with van der Waals surface area (Å²) in [7, 11) is -3.55. The van der Waals surface area contributed by atoms with Crippen LogP contribution in [0.15, 0.2) is 29.2 Å². The maximum Gasteiger partial charge on any atom is 0.338 e. The van der Waals surface area contributed by atoms with Crippen molar-refractivity contribution in [1.82, 2.24) is 9.62 Å². The highest BCUT2D eigenvalue weighted by Crippen LogP contribution is 2.21. The van der Waals surface area contributed by atoms with E-state index in [1.807, 2.05) is 6.07 Å². The summed E-state index contributed by atoms with van der Waals surface area (Å²) in [6.07, 6.45) is 1.68. The Morgan fingerprint density at radius 1 is 1.25 bits per heavy atom. The Bertz CT molecular complexity index is 868. The van der Waals surface area contributed by atoms with Crippen LogP contribution in [0, 0.1) is 17.2 Å². The van der Waals surface area contributed by atoms with Gasteiger partial charge in [0.15, 0.2) is 6.61 Å². The topological polar surface area (TPSA) is 117 Å². The Balaban J connectivity index is 1.96. The van der Waals surface area contributed by atoms with Gasteiger partial charge in [0.1, 0.15) is 5.54 Å². The van der Waals surface area contributed by atoms with Gasteiger partial charge in [-0.1, -0.05) is 13.8 Å². The fraction of sp³-hybridized carbons (Fsp3) is 0.526. The zero-order valence-electron chi connectivity index (χ0n) is 16.3. The molecule has 152 valence electrons. The first kappa shape index (κ1) is 21.9.